The lowest BCUT2D eigenvalue weighted by Crippen LogP contribution is -2.31. The van der Waals surface area contributed by atoms with Crippen molar-refractivity contribution in [3.63, 3.8) is 0 Å². The highest BCUT2D eigenvalue weighted by Gasteiger charge is 2.23. The summed E-state index contributed by atoms with van der Waals surface area (Å²) in [7, 11) is 0. The summed E-state index contributed by atoms with van der Waals surface area (Å²) in [4.78, 5) is 17.5. The van der Waals surface area contributed by atoms with Crippen LogP contribution in [0, 0.1) is 5.92 Å². The number of hydrogen-bond donors (Lipinski definition) is 1. The highest BCUT2D eigenvalue weighted by Crippen LogP contribution is 2.23. The van der Waals surface area contributed by atoms with Crippen LogP contribution >= 0.6 is 0 Å². The molecule has 4 rings (SSSR count). The zero-order valence-electron chi connectivity index (χ0n) is 15.9. The third-order valence-electron chi connectivity index (χ3n) is 5.75. The smallest absolute Gasteiger partial charge is 0.251 e. The van der Waals surface area contributed by atoms with Crippen molar-refractivity contribution in [1.82, 2.24) is 10.2 Å². The Morgan fingerprint density at radius 1 is 1.00 bits per heavy atom. The van der Waals surface area contributed by atoms with Crippen molar-refractivity contribution in [3.05, 3.63) is 65.7 Å². The molecule has 27 heavy (non-hydrogen) atoms. The number of benzene rings is 2. The van der Waals surface area contributed by atoms with Crippen molar-refractivity contribution in [2.45, 2.75) is 25.8 Å². The Bertz CT molecular complexity index is 755. The van der Waals surface area contributed by atoms with E-state index < -0.39 is 0 Å². The van der Waals surface area contributed by atoms with E-state index in [1.54, 1.807) is 0 Å². The number of amides is 1. The second-order valence-corrected chi connectivity index (χ2v) is 7.83. The Balaban J connectivity index is 1.28. The van der Waals surface area contributed by atoms with Crippen molar-refractivity contribution in [1.29, 1.82) is 0 Å². The second kappa shape index (κ2) is 8.57. The van der Waals surface area contributed by atoms with E-state index in [0.717, 1.165) is 38.2 Å². The van der Waals surface area contributed by atoms with Crippen LogP contribution in [0.5, 0.6) is 0 Å². The van der Waals surface area contributed by atoms with Gasteiger partial charge in [-0.1, -0.05) is 30.3 Å². The van der Waals surface area contributed by atoms with Crippen LogP contribution < -0.4 is 10.2 Å². The second-order valence-electron chi connectivity index (χ2n) is 7.83. The molecule has 1 atom stereocenters. The van der Waals surface area contributed by atoms with Crippen LogP contribution in [0.3, 0.4) is 0 Å². The molecule has 142 valence electrons. The molecule has 2 heterocycles. The van der Waals surface area contributed by atoms with Crippen LogP contribution in [0.2, 0.25) is 0 Å². The Morgan fingerprint density at radius 3 is 2.63 bits per heavy atom. The van der Waals surface area contributed by atoms with Crippen molar-refractivity contribution < 1.29 is 4.79 Å². The number of rotatable bonds is 6. The molecule has 2 aromatic carbocycles. The molecule has 1 N–H and O–H groups in total. The van der Waals surface area contributed by atoms with Crippen LogP contribution in [0.15, 0.2) is 54.6 Å². The maximum Gasteiger partial charge on any atom is 0.251 e. The van der Waals surface area contributed by atoms with Gasteiger partial charge in [0, 0.05) is 37.4 Å². The number of nitrogens with zero attached hydrogens (tertiary/aromatic N) is 2. The van der Waals surface area contributed by atoms with Gasteiger partial charge in [0.15, 0.2) is 0 Å². The molecule has 2 saturated heterocycles. The van der Waals surface area contributed by atoms with E-state index in [9.17, 15) is 4.79 Å². The predicted molar refractivity (Wildman–Crippen MR) is 110 cm³/mol. The first-order chi connectivity index (χ1) is 13.3. The van der Waals surface area contributed by atoms with Gasteiger partial charge in [0.05, 0.1) is 0 Å². The highest BCUT2D eigenvalue weighted by atomic mass is 16.1. The fourth-order valence-corrected chi connectivity index (χ4v) is 4.22. The summed E-state index contributed by atoms with van der Waals surface area (Å²) >= 11 is 0. The lowest BCUT2D eigenvalue weighted by molar-refractivity contribution is 0.0948. The van der Waals surface area contributed by atoms with Crippen molar-refractivity contribution in [3.8, 4) is 0 Å². The fraction of sp³-hybridized carbons (Fsp3) is 0.435. The number of para-hydroxylation sites is 1. The third kappa shape index (κ3) is 4.69. The van der Waals surface area contributed by atoms with Crippen LogP contribution in [0.1, 0.15) is 35.2 Å². The number of carbonyl (C=O) groups excluding carboxylic acids is 1. The Hall–Kier alpha value is -2.33. The summed E-state index contributed by atoms with van der Waals surface area (Å²) in [6.07, 6.45) is 3.72. The number of nitrogens with one attached hydrogen (secondary N) is 1. The molecule has 2 aromatic rings. The van der Waals surface area contributed by atoms with Gasteiger partial charge in [0.25, 0.3) is 5.91 Å². The zero-order valence-corrected chi connectivity index (χ0v) is 15.9. The van der Waals surface area contributed by atoms with E-state index in [-0.39, 0.29) is 5.91 Å². The minimum Gasteiger partial charge on any atom is -0.371 e. The van der Waals surface area contributed by atoms with Crippen molar-refractivity contribution >= 4 is 11.6 Å². The van der Waals surface area contributed by atoms with Gasteiger partial charge in [0.2, 0.25) is 0 Å². The number of anilines is 1. The lowest BCUT2D eigenvalue weighted by Gasteiger charge is -2.19. The molecule has 2 aliphatic rings. The molecule has 2 aliphatic heterocycles. The highest BCUT2D eigenvalue weighted by molar-refractivity contribution is 5.94. The largest absolute Gasteiger partial charge is 0.371 e. The van der Waals surface area contributed by atoms with E-state index in [2.05, 4.69) is 57.6 Å². The van der Waals surface area contributed by atoms with Gasteiger partial charge in [-0.05, 0) is 68.1 Å². The summed E-state index contributed by atoms with van der Waals surface area (Å²) in [5.41, 5.74) is 3.30. The van der Waals surface area contributed by atoms with E-state index >= 15 is 0 Å². The lowest BCUT2D eigenvalue weighted by atomic mass is 10.1. The van der Waals surface area contributed by atoms with Gasteiger partial charge >= 0.3 is 0 Å². The minimum atomic E-state index is 0.0523. The molecule has 0 radical (unpaired) electrons. The van der Waals surface area contributed by atoms with Crippen LogP contribution in [-0.4, -0.2) is 43.5 Å². The Morgan fingerprint density at radius 2 is 1.81 bits per heavy atom. The molecule has 0 aliphatic carbocycles. The van der Waals surface area contributed by atoms with Crippen molar-refractivity contribution in [2.24, 2.45) is 5.92 Å². The quantitative estimate of drug-likeness (QED) is 0.853. The minimum absolute atomic E-state index is 0.0523. The molecule has 0 bridgehead atoms. The van der Waals surface area contributed by atoms with Gasteiger partial charge in [-0.2, -0.15) is 0 Å². The van der Waals surface area contributed by atoms with E-state index in [0.29, 0.717) is 5.92 Å². The predicted octanol–water partition coefficient (Wildman–Crippen LogP) is 3.54. The Labute approximate surface area is 162 Å². The summed E-state index contributed by atoms with van der Waals surface area (Å²) in [5.74, 6) is 0.568. The van der Waals surface area contributed by atoms with Gasteiger partial charge in [0.1, 0.15) is 0 Å². The molecule has 0 aromatic heterocycles. The Kier molecular flexibility index (Phi) is 5.73. The molecule has 4 nitrogen and oxygen atoms in total. The average Bonchev–Trinajstić information content (AvgIpc) is 3.39. The molecule has 0 unspecified atom stereocenters. The van der Waals surface area contributed by atoms with Crippen LogP contribution in [-0.2, 0) is 6.54 Å². The first kappa shape index (κ1) is 18.1. The summed E-state index contributed by atoms with van der Waals surface area (Å²) < 4.78 is 0. The molecule has 4 heteroatoms. The zero-order chi connectivity index (χ0) is 18.5. The molecular formula is C23H29N3O. The van der Waals surface area contributed by atoms with E-state index in [4.69, 9.17) is 0 Å². The molecule has 0 saturated carbocycles. The molecular weight excluding hydrogens is 334 g/mol. The average molecular weight is 364 g/mol. The summed E-state index contributed by atoms with van der Waals surface area (Å²) in [6.45, 7) is 6.13. The van der Waals surface area contributed by atoms with Gasteiger partial charge in [-0.25, -0.2) is 0 Å². The fourth-order valence-electron chi connectivity index (χ4n) is 4.22. The third-order valence-corrected chi connectivity index (χ3v) is 5.75. The maximum atomic E-state index is 12.6. The van der Waals surface area contributed by atoms with Gasteiger partial charge < -0.3 is 10.2 Å². The first-order valence-corrected chi connectivity index (χ1v) is 10.2. The number of hydrogen-bond acceptors (Lipinski definition) is 3. The monoisotopic (exact) mass is 363 g/mol. The maximum absolute atomic E-state index is 12.6. The summed E-state index contributed by atoms with van der Waals surface area (Å²) in [5, 5.41) is 3.15. The van der Waals surface area contributed by atoms with E-state index in [1.807, 2.05) is 12.1 Å². The first-order valence-electron chi connectivity index (χ1n) is 10.2. The van der Waals surface area contributed by atoms with Gasteiger partial charge in [-0.15, -0.1) is 0 Å². The topological polar surface area (TPSA) is 35.6 Å². The number of likely N-dealkylation sites (tertiary alicyclic amines) is 1. The summed E-state index contributed by atoms with van der Waals surface area (Å²) in [6, 6.07) is 18.6. The van der Waals surface area contributed by atoms with E-state index in [1.165, 1.54) is 37.2 Å². The normalized spacial score (nSPS) is 20.1. The van der Waals surface area contributed by atoms with Crippen molar-refractivity contribution in [2.75, 3.05) is 37.6 Å². The molecule has 2 fully saturated rings. The number of carbonyl (C=O) groups is 1. The molecule has 1 amide bonds. The van der Waals surface area contributed by atoms with Crippen LogP contribution in [0.4, 0.5) is 5.69 Å². The van der Waals surface area contributed by atoms with Crippen LogP contribution in [0.25, 0.3) is 0 Å². The van der Waals surface area contributed by atoms with Gasteiger partial charge in [-0.3, -0.25) is 9.69 Å². The molecule has 0 spiro atoms. The standard InChI is InChI=1S/C23H29N3O/c27-23(21-8-6-7-19(15-21)17-25-12-4-5-13-25)24-16-20-11-14-26(18-20)22-9-2-1-3-10-22/h1-3,6-10,15,20H,4-5,11-14,16-18H2,(H,24,27)/t20-/m0/s1. The SMILES string of the molecule is O=C(NC[C@@H]1CCN(c2ccccc2)C1)c1cccc(CN2CCCC2)c1.